The highest BCUT2D eigenvalue weighted by molar-refractivity contribution is 6.00. The number of non-ortho nitro benzene ring substituents is 1. The van der Waals surface area contributed by atoms with E-state index >= 15 is 0 Å². The zero-order chi connectivity index (χ0) is 15.4. The van der Waals surface area contributed by atoms with E-state index in [1.807, 2.05) is 6.92 Å². The second-order valence-electron chi connectivity index (χ2n) is 4.40. The van der Waals surface area contributed by atoms with Gasteiger partial charge in [-0.15, -0.1) is 0 Å². The second kappa shape index (κ2) is 5.91. The Morgan fingerprint density at radius 2 is 1.81 bits per heavy atom. The van der Waals surface area contributed by atoms with Crippen LogP contribution in [-0.4, -0.2) is 16.1 Å². The van der Waals surface area contributed by atoms with Gasteiger partial charge in [0, 0.05) is 17.8 Å². The van der Waals surface area contributed by atoms with E-state index in [2.05, 4.69) is 10.6 Å². The molecule has 0 atom stereocenters. The van der Waals surface area contributed by atoms with Gasteiger partial charge in [0.25, 0.3) is 5.69 Å². The molecule has 7 heteroatoms. The molecule has 0 radical (unpaired) electrons. The third kappa shape index (κ3) is 3.69. The number of aryl methyl sites for hydroxylation is 1. The fourth-order valence-corrected chi connectivity index (χ4v) is 1.70. The molecule has 7 nitrogen and oxygen atoms in total. The molecule has 2 rings (SSSR count). The van der Waals surface area contributed by atoms with E-state index in [0.717, 1.165) is 5.56 Å². The summed E-state index contributed by atoms with van der Waals surface area (Å²) in [6.45, 7) is 1.82. The zero-order valence-corrected chi connectivity index (χ0v) is 11.2. The van der Waals surface area contributed by atoms with E-state index in [-0.39, 0.29) is 17.1 Å². The first-order chi connectivity index (χ1) is 9.95. The SMILES string of the molecule is Cc1ccc(NC(=O)Nc2ccc([N+](=O)[O-])cc2)c(O)c1. The van der Waals surface area contributed by atoms with Gasteiger partial charge in [0.15, 0.2) is 0 Å². The highest BCUT2D eigenvalue weighted by Crippen LogP contribution is 2.24. The Hall–Kier alpha value is -3.09. The molecule has 2 aromatic rings. The second-order valence-corrected chi connectivity index (χ2v) is 4.40. The normalized spacial score (nSPS) is 9.95. The first-order valence-corrected chi connectivity index (χ1v) is 6.08. The predicted molar refractivity (Wildman–Crippen MR) is 78.6 cm³/mol. The average Bonchev–Trinajstić information content (AvgIpc) is 2.42. The largest absolute Gasteiger partial charge is 0.506 e. The third-order valence-electron chi connectivity index (χ3n) is 2.74. The van der Waals surface area contributed by atoms with Gasteiger partial charge in [-0.3, -0.25) is 10.1 Å². The number of carbonyl (C=O) groups is 1. The molecular formula is C14H13N3O4. The molecule has 0 aliphatic rings. The van der Waals surface area contributed by atoms with Crippen LogP contribution in [-0.2, 0) is 0 Å². The standard InChI is InChI=1S/C14H13N3O4/c1-9-2-7-12(13(18)8-9)16-14(19)15-10-3-5-11(6-4-10)17(20)21/h2-8,18H,1H3,(H2,15,16,19). The molecular weight excluding hydrogens is 274 g/mol. The van der Waals surface area contributed by atoms with Crippen molar-refractivity contribution in [3.05, 3.63) is 58.1 Å². The minimum atomic E-state index is -0.553. The lowest BCUT2D eigenvalue weighted by Crippen LogP contribution is -2.19. The smallest absolute Gasteiger partial charge is 0.323 e. The Morgan fingerprint density at radius 3 is 2.38 bits per heavy atom. The van der Waals surface area contributed by atoms with Crippen molar-refractivity contribution in [1.82, 2.24) is 0 Å². The Bertz CT molecular complexity index is 683. The summed E-state index contributed by atoms with van der Waals surface area (Å²) in [4.78, 5) is 21.8. The highest BCUT2D eigenvalue weighted by atomic mass is 16.6. The molecule has 0 unspecified atom stereocenters. The van der Waals surface area contributed by atoms with Crippen molar-refractivity contribution in [3.63, 3.8) is 0 Å². The van der Waals surface area contributed by atoms with Crippen LogP contribution >= 0.6 is 0 Å². The lowest BCUT2D eigenvalue weighted by molar-refractivity contribution is -0.384. The minimum absolute atomic E-state index is 0.0335. The lowest BCUT2D eigenvalue weighted by Gasteiger charge is -2.09. The molecule has 21 heavy (non-hydrogen) atoms. The maximum atomic E-state index is 11.8. The van der Waals surface area contributed by atoms with Crippen molar-refractivity contribution in [1.29, 1.82) is 0 Å². The summed E-state index contributed by atoms with van der Waals surface area (Å²) in [6, 6.07) is 9.74. The molecule has 108 valence electrons. The number of urea groups is 1. The van der Waals surface area contributed by atoms with Crippen LogP contribution in [0.3, 0.4) is 0 Å². The summed E-state index contributed by atoms with van der Waals surface area (Å²) >= 11 is 0. The summed E-state index contributed by atoms with van der Waals surface area (Å²) in [5.74, 6) is -0.0335. The highest BCUT2D eigenvalue weighted by Gasteiger charge is 2.08. The van der Waals surface area contributed by atoms with E-state index in [1.165, 1.54) is 30.3 Å². The van der Waals surface area contributed by atoms with E-state index < -0.39 is 11.0 Å². The van der Waals surface area contributed by atoms with E-state index in [0.29, 0.717) is 5.69 Å². The van der Waals surface area contributed by atoms with Crippen molar-refractivity contribution < 1.29 is 14.8 Å². The van der Waals surface area contributed by atoms with Gasteiger partial charge in [-0.1, -0.05) is 6.07 Å². The van der Waals surface area contributed by atoms with Crippen LogP contribution in [0.1, 0.15) is 5.56 Å². The van der Waals surface area contributed by atoms with Crippen molar-refractivity contribution in [3.8, 4) is 5.75 Å². The molecule has 0 fully saturated rings. The van der Waals surface area contributed by atoms with Crippen molar-refractivity contribution >= 4 is 23.1 Å². The molecule has 0 aliphatic heterocycles. The lowest BCUT2D eigenvalue weighted by atomic mass is 10.2. The topological polar surface area (TPSA) is 104 Å². The maximum Gasteiger partial charge on any atom is 0.323 e. The summed E-state index contributed by atoms with van der Waals surface area (Å²) in [5.41, 5.74) is 1.50. The Balaban J connectivity index is 2.02. The molecule has 0 bridgehead atoms. The number of nitrogens with one attached hydrogen (secondary N) is 2. The monoisotopic (exact) mass is 287 g/mol. The van der Waals surface area contributed by atoms with Crippen LogP contribution < -0.4 is 10.6 Å². The molecule has 2 amide bonds. The fourth-order valence-electron chi connectivity index (χ4n) is 1.70. The summed E-state index contributed by atoms with van der Waals surface area (Å²) in [7, 11) is 0. The quantitative estimate of drug-likeness (QED) is 0.457. The molecule has 0 aromatic heterocycles. The summed E-state index contributed by atoms with van der Waals surface area (Å²) < 4.78 is 0. The van der Waals surface area contributed by atoms with Crippen molar-refractivity contribution in [2.75, 3.05) is 10.6 Å². The van der Waals surface area contributed by atoms with E-state index in [1.54, 1.807) is 12.1 Å². The zero-order valence-electron chi connectivity index (χ0n) is 11.2. The van der Waals surface area contributed by atoms with Gasteiger partial charge in [0.2, 0.25) is 0 Å². The molecule has 0 heterocycles. The number of anilines is 2. The third-order valence-corrected chi connectivity index (χ3v) is 2.74. The van der Waals surface area contributed by atoms with Gasteiger partial charge in [0.05, 0.1) is 10.6 Å². The molecule has 0 saturated heterocycles. The van der Waals surface area contributed by atoms with Crippen molar-refractivity contribution in [2.45, 2.75) is 6.92 Å². The number of hydrogen-bond donors (Lipinski definition) is 3. The van der Waals surface area contributed by atoms with Gasteiger partial charge < -0.3 is 15.7 Å². The van der Waals surface area contributed by atoms with Gasteiger partial charge in [-0.2, -0.15) is 0 Å². The number of phenolic OH excluding ortho intramolecular Hbond substituents is 1. The van der Waals surface area contributed by atoms with Gasteiger partial charge in [-0.25, -0.2) is 4.79 Å². The van der Waals surface area contributed by atoms with Crippen LogP contribution in [0.5, 0.6) is 5.75 Å². The van der Waals surface area contributed by atoms with Crippen LogP contribution in [0.2, 0.25) is 0 Å². The maximum absolute atomic E-state index is 11.8. The molecule has 0 aliphatic carbocycles. The Kier molecular flexibility index (Phi) is 4.03. The number of carbonyl (C=O) groups excluding carboxylic acids is 1. The van der Waals surface area contributed by atoms with Crippen LogP contribution in [0.15, 0.2) is 42.5 Å². The van der Waals surface area contributed by atoms with E-state index in [9.17, 15) is 20.0 Å². The number of nitro groups is 1. The van der Waals surface area contributed by atoms with Crippen LogP contribution in [0.25, 0.3) is 0 Å². The number of rotatable bonds is 3. The number of aromatic hydroxyl groups is 1. The fraction of sp³-hybridized carbons (Fsp3) is 0.0714. The Labute approximate surface area is 120 Å². The first kappa shape index (κ1) is 14.3. The first-order valence-electron chi connectivity index (χ1n) is 6.08. The summed E-state index contributed by atoms with van der Waals surface area (Å²) in [6.07, 6.45) is 0. The number of phenols is 1. The summed E-state index contributed by atoms with van der Waals surface area (Å²) in [5, 5.41) is 25.2. The van der Waals surface area contributed by atoms with Gasteiger partial charge in [-0.05, 0) is 36.8 Å². The van der Waals surface area contributed by atoms with Gasteiger partial charge >= 0.3 is 6.03 Å². The predicted octanol–water partition coefficient (Wildman–Crippen LogP) is 3.25. The van der Waals surface area contributed by atoms with Crippen molar-refractivity contribution in [2.24, 2.45) is 0 Å². The Morgan fingerprint density at radius 1 is 1.14 bits per heavy atom. The number of hydrogen-bond acceptors (Lipinski definition) is 4. The number of nitro benzene ring substituents is 1. The number of benzene rings is 2. The van der Waals surface area contributed by atoms with Gasteiger partial charge in [0.1, 0.15) is 5.75 Å². The molecule has 3 N–H and O–H groups in total. The molecule has 2 aromatic carbocycles. The van der Waals surface area contributed by atoms with Crippen LogP contribution in [0, 0.1) is 17.0 Å². The van der Waals surface area contributed by atoms with E-state index in [4.69, 9.17) is 0 Å². The average molecular weight is 287 g/mol. The van der Waals surface area contributed by atoms with Crippen LogP contribution in [0.4, 0.5) is 21.9 Å². The molecule has 0 spiro atoms. The molecule has 0 saturated carbocycles. The number of amides is 2. The number of nitrogens with zero attached hydrogens (tertiary/aromatic N) is 1. The minimum Gasteiger partial charge on any atom is -0.506 e.